The van der Waals surface area contributed by atoms with Gasteiger partial charge in [0.2, 0.25) is 11.8 Å². The second kappa shape index (κ2) is 13.1. The van der Waals surface area contributed by atoms with E-state index in [4.69, 9.17) is 25.4 Å². The molecule has 1 aliphatic rings. The highest BCUT2D eigenvalue weighted by Gasteiger charge is 2.22. The maximum absolute atomic E-state index is 12.9. The summed E-state index contributed by atoms with van der Waals surface area (Å²) in [5, 5.41) is 19.7. The van der Waals surface area contributed by atoms with Crippen molar-refractivity contribution in [3.63, 3.8) is 0 Å². The Labute approximate surface area is 233 Å². The summed E-state index contributed by atoms with van der Waals surface area (Å²) in [6, 6.07) is 13.0. The Balaban J connectivity index is 1.67. The van der Waals surface area contributed by atoms with Crippen LogP contribution in [0, 0.1) is 23.7 Å². The molecule has 3 aromatic rings. The van der Waals surface area contributed by atoms with Gasteiger partial charge in [0, 0.05) is 69.1 Å². The normalized spacial score (nSPS) is 15.1. The van der Waals surface area contributed by atoms with Crippen LogP contribution in [-0.4, -0.2) is 56.9 Å². The second-order valence-electron chi connectivity index (χ2n) is 9.10. The number of pyridine rings is 1. The van der Waals surface area contributed by atoms with Gasteiger partial charge in [0.1, 0.15) is 17.9 Å². The van der Waals surface area contributed by atoms with Crippen molar-refractivity contribution in [3.8, 4) is 24.2 Å². The van der Waals surface area contributed by atoms with Gasteiger partial charge in [-0.3, -0.25) is 15.1 Å². The Bertz CT molecular complexity index is 1480. The molecule has 0 spiro atoms. The summed E-state index contributed by atoms with van der Waals surface area (Å²) < 4.78 is 22.2. The van der Waals surface area contributed by atoms with Crippen molar-refractivity contribution in [2.24, 2.45) is 0 Å². The number of methoxy groups -OCH3 is 2. The second-order valence-corrected chi connectivity index (χ2v) is 9.10. The first-order chi connectivity index (χ1) is 19.4. The summed E-state index contributed by atoms with van der Waals surface area (Å²) >= 11 is 0. The van der Waals surface area contributed by atoms with Crippen LogP contribution in [0.4, 0.5) is 17.1 Å². The van der Waals surface area contributed by atoms with Crippen molar-refractivity contribution in [1.29, 1.82) is 5.26 Å². The van der Waals surface area contributed by atoms with E-state index in [-0.39, 0.29) is 12.0 Å². The Morgan fingerprint density at radius 3 is 2.83 bits per heavy atom. The maximum atomic E-state index is 12.9. The number of terminal acetylenes is 1. The van der Waals surface area contributed by atoms with Gasteiger partial charge in [0.05, 0.1) is 35.7 Å². The first-order valence-corrected chi connectivity index (χ1v) is 12.7. The Morgan fingerprint density at radius 1 is 1.30 bits per heavy atom. The lowest BCUT2D eigenvalue weighted by molar-refractivity contribution is -0.212. The SMILES string of the molecule is C#Cc1cccc(Nc2c(C#N)cnc3cc(O[C@H]4CCOC4)c(NC(=O)C=CCNC(C)(OC)OC)cc23)c1. The molecule has 1 fully saturated rings. The molecule has 1 atom stereocenters. The molecule has 0 bridgehead atoms. The Hall–Kier alpha value is -4.45. The third-order valence-electron chi connectivity index (χ3n) is 6.42. The van der Waals surface area contributed by atoms with Gasteiger partial charge in [0.25, 0.3) is 0 Å². The third kappa shape index (κ3) is 6.94. The van der Waals surface area contributed by atoms with Gasteiger partial charge in [-0.25, -0.2) is 0 Å². The molecule has 2 heterocycles. The summed E-state index contributed by atoms with van der Waals surface area (Å²) in [4.78, 5) is 17.4. The summed E-state index contributed by atoms with van der Waals surface area (Å²) in [6.07, 6.45) is 10.7. The van der Waals surface area contributed by atoms with E-state index in [1.807, 2.05) is 24.3 Å². The number of benzene rings is 2. The number of carbonyl (C=O) groups excluding carboxylic acids is 1. The van der Waals surface area contributed by atoms with Crippen LogP contribution in [0.5, 0.6) is 5.75 Å². The number of fused-ring (bicyclic) bond motifs is 1. The molecule has 1 aromatic heterocycles. The lowest BCUT2D eigenvalue weighted by atomic mass is 10.1. The highest BCUT2D eigenvalue weighted by atomic mass is 16.7. The monoisotopic (exact) mass is 541 g/mol. The van der Waals surface area contributed by atoms with E-state index in [1.54, 1.807) is 25.1 Å². The molecule has 2 aromatic carbocycles. The lowest BCUT2D eigenvalue weighted by Crippen LogP contribution is -2.45. The Morgan fingerprint density at radius 2 is 2.12 bits per heavy atom. The first-order valence-electron chi connectivity index (χ1n) is 12.7. The van der Waals surface area contributed by atoms with E-state index in [1.165, 1.54) is 26.5 Å². The van der Waals surface area contributed by atoms with Gasteiger partial charge in [-0.15, -0.1) is 6.42 Å². The van der Waals surface area contributed by atoms with Crippen LogP contribution in [0.25, 0.3) is 10.9 Å². The molecule has 10 heteroatoms. The number of anilines is 3. The largest absolute Gasteiger partial charge is 0.486 e. The fourth-order valence-electron chi connectivity index (χ4n) is 4.06. The number of carbonyl (C=O) groups is 1. The molecule has 206 valence electrons. The minimum absolute atomic E-state index is 0.156. The predicted molar refractivity (Wildman–Crippen MR) is 152 cm³/mol. The van der Waals surface area contributed by atoms with E-state index in [2.05, 4.69) is 32.9 Å². The van der Waals surface area contributed by atoms with Crippen molar-refractivity contribution in [3.05, 3.63) is 65.9 Å². The van der Waals surface area contributed by atoms with Gasteiger partial charge in [-0.05, 0) is 24.3 Å². The number of ether oxygens (including phenoxy) is 4. The number of rotatable bonds is 11. The van der Waals surface area contributed by atoms with Crippen LogP contribution < -0.4 is 20.7 Å². The number of nitrogens with zero attached hydrogens (tertiary/aromatic N) is 2. The smallest absolute Gasteiger partial charge is 0.248 e. The van der Waals surface area contributed by atoms with Gasteiger partial charge in [-0.2, -0.15) is 5.26 Å². The summed E-state index contributed by atoms with van der Waals surface area (Å²) in [6.45, 7) is 3.11. The fraction of sp³-hybridized carbons (Fsp3) is 0.300. The molecule has 1 saturated heterocycles. The molecule has 0 saturated carbocycles. The lowest BCUT2D eigenvalue weighted by Gasteiger charge is -2.26. The quantitative estimate of drug-likeness (QED) is 0.187. The van der Waals surface area contributed by atoms with E-state index >= 15 is 0 Å². The third-order valence-corrected chi connectivity index (χ3v) is 6.42. The fourth-order valence-corrected chi connectivity index (χ4v) is 4.06. The van der Waals surface area contributed by atoms with E-state index in [0.29, 0.717) is 64.6 Å². The van der Waals surface area contributed by atoms with Crippen molar-refractivity contribution in [1.82, 2.24) is 10.3 Å². The minimum Gasteiger partial charge on any atom is -0.486 e. The number of nitrogens with one attached hydrogen (secondary N) is 3. The molecule has 1 aliphatic heterocycles. The number of hydrogen-bond donors (Lipinski definition) is 3. The average molecular weight is 542 g/mol. The van der Waals surface area contributed by atoms with Crippen LogP contribution in [0.2, 0.25) is 0 Å². The number of nitriles is 1. The molecular weight excluding hydrogens is 510 g/mol. The van der Waals surface area contributed by atoms with E-state index in [9.17, 15) is 10.1 Å². The topological polar surface area (TPSA) is 127 Å². The summed E-state index contributed by atoms with van der Waals surface area (Å²) in [5.74, 6) is 1.72. The highest BCUT2D eigenvalue weighted by Crippen LogP contribution is 2.37. The average Bonchev–Trinajstić information content (AvgIpc) is 3.49. The summed E-state index contributed by atoms with van der Waals surface area (Å²) in [5.41, 5.74) is 3.28. The molecule has 0 aliphatic carbocycles. The predicted octanol–water partition coefficient (Wildman–Crippen LogP) is 4.05. The molecule has 1 amide bonds. The first kappa shape index (κ1) is 28.6. The minimum atomic E-state index is -0.974. The maximum Gasteiger partial charge on any atom is 0.248 e. The molecule has 0 unspecified atom stereocenters. The Kier molecular flexibility index (Phi) is 9.33. The molecule has 4 rings (SSSR count). The number of hydrogen-bond acceptors (Lipinski definition) is 9. The van der Waals surface area contributed by atoms with Gasteiger partial charge >= 0.3 is 0 Å². The van der Waals surface area contributed by atoms with Crippen molar-refractivity contribution < 1.29 is 23.7 Å². The van der Waals surface area contributed by atoms with Crippen LogP contribution in [-0.2, 0) is 19.0 Å². The van der Waals surface area contributed by atoms with E-state index < -0.39 is 5.91 Å². The zero-order chi connectivity index (χ0) is 28.5. The standard InChI is InChI=1S/C30H31N5O5/c1-5-20-8-6-9-22(14-20)34-29-21(17-31)18-32-25-16-27(40-23-11-13-39-19-23)26(15-24(25)29)35-28(36)10-7-12-33-30(2,37-3)38-4/h1,6-10,14-16,18,23,33H,11-13,19H2,2-4H3,(H,32,34)(H,35,36)/t23-/m0/s1. The number of amides is 1. The highest BCUT2D eigenvalue weighted by molar-refractivity contribution is 6.04. The van der Waals surface area contributed by atoms with Gasteiger partial charge in [-0.1, -0.05) is 18.1 Å². The summed E-state index contributed by atoms with van der Waals surface area (Å²) in [7, 11) is 3.04. The van der Waals surface area contributed by atoms with Crippen molar-refractivity contribution in [2.75, 3.05) is 44.6 Å². The molecular formula is C30H31N5O5. The van der Waals surface area contributed by atoms with Gasteiger partial charge in [0.15, 0.2) is 0 Å². The molecule has 40 heavy (non-hydrogen) atoms. The molecule has 3 N–H and O–H groups in total. The molecule has 0 radical (unpaired) electrons. The van der Waals surface area contributed by atoms with Crippen molar-refractivity contribution >= 4 is 33.9 Å². The zero-order valence-electron chi connectivity index (χ0n) is 22.6. The molecule has 10 nitrogen and oxygen atoms in total. The van der Waals surface area contributed by atoms with Crippen LogP contribution >= 0.6 is 0 Å². The van der Waals surface area contributed by atoms with Crippen LogP contribution in [0.3, 0.4) is 0 Å². The van der Waals surface area contributed by atoms with Crippen molar-refractivity contribution in [2.45, 2.75) is 25.4 Å². The number of aromatic nitrogens is 1. The van der Waals surface area contributed by atoms with Gasteiger partial charge < -0.3 is 29.6 Å². The van der Waals surface area contributed by atoms with E-state index in [0.717, 1.165) is 6.42 Å². The zero-order valence-corrected chi connectivity index (χ0v) is 22.6. The van der Waals surface area contributed by atoms with Crippen LogP contribution in [0.15, 0.2) is 54.7 Å². The van der Waals surface area contributed by atoms with Crippen LogP contribution in [0.1, 0.15) is 24.5 Å².